The summed E-state index contributed by atoms with van der Waals surface area (Å²) in [5.41, 5.74) is -0.229. The zero-order chi connectivity index (χ0) is 21.1. The maximum Gasteiger partial charge on any atom is 0.103 e. The van der Waals surface area contributed by atoms with Crippen molar-refractivity contribution in [3.05, 3.63) is 0 Å². The van der Waals surface area contributed by atoms with Gasteiger partial charge >= 0.3 is 0 Å². The van der Waals surface area contributed by atoms with Gasteiger partial charge in [-0.05, 0) is 24.7 Å². The molecule has 0 radical (unpaired) electrons. The van der Waals surface area contributed by atoms with Gasteiger partial charge in [-0.1, -0.05) is 117 Å². The molecular formula is C25H52O3. The molecule has 3 N–H and O–H groups in total. The normalized spacial score (nSPS) is 14.4. The molecule has 0 fully saturated rings. The molecule has 0 aromatic carbocycles. The molecule has 0 aliphatic rings. The van der Waals surface area contributed by atoms with E-state index in [-0.39, 0.29) is 12.0 Å². The fourth-order valence-corrected chi connectivity index (χ4v) is 4.57. The lowest BCUT2D eigenvalue weighted by Gasteiger charge is -2.41. The molecule has 0 bridgehead atoms. The molecule has 0 aliphatic heterocycles. The summed E-state index contributed by atoms with van der Waals surface area (Å²) in [5, 5.41) is 30.7. The van der Waals surface area contributed by atoms with Crippen molar-refractivity contribution in [2.24, 2.45) is 5.41 Å². The molecule has 170 valence electrons. The zero-order valence-corrected chi connectivity index (χ0v) is 19.4. The van der Waals surface area contributed by atoms with Crippen molar-refractivity contribution in [2.45, 2.75) is 149 Å². The third kappa shape index (κ3) is 12.4. The van der Waals surface area contributed by atoms with E-state index in [4.69, 9.17) is 0 Å². The average Bonchev–Trinajstić information content (AvgIpc) is 2.71. The summed E-state index contributed by atoms with van der Waals surface area (Å²) in [6.45, 7) is 6.35. The fourth-order valence-electron chi connectivity index (χ4n) is 4.57. The minimum atomic E-state index is -1.01. The van der Waals surface area contributed by atoms with Gasteiger partial charge in [-0.15, -0.1) is 0 Å². The predicted octanol–water partition coefficient (Wildman–Crippen LogP) is 6.77. The number of aliphatic hydroxyl groups excluding tert-OH is 3. The first kappa shape index (κ1) is 27.9. The fraction of sp³-hybridized carbons (Fsp3) is 1.00. The highest BCUT2D eigenvalue weighted by Gasteiger charge is 2.39. The molecule has 2 atom stereocenters. The van der Waals surface area contributed by atoms with E-state index in [0.717, 1.165) is 38.5 Å². The van der Waals surface area contributed by atoms with Crippen molar-refractivity contribution < 1.29 is 15.3 Å². The van der Waals surface area contributed by atoms with Crippen LogP contribution < -0.4 is 0 Å². The summed E-state index contributed by atoms with van der Waals surface area (Å²) in [5.74, 6) is 0. The molecule has 0 heterocycles. The van der Waals surface area contributed by atoms with E-state index in [1.807, 2.05) is 0 Å². The van der Waals surface area contributed by atoms with Gasteiger partial charge in [0.2, 0.25) is 0 Å². The van der Waals surface area contributed by atoms with Crippen LogP contribution >= 0.6 is 0 Å². The molecule has 2 unspecified atom stereocenters. The standard InChI is InChI=1S/C25H52O3/c1-4-7-10-13-14-15-18-21-25(19-16-11-8-5-2,20-17-12-9-6-3)24(28)23(27)22-26/h23-24,26-28H,4-22H2,1-3H3. The summed E-state index contributed by atoms with van der Waals surface area (Å²) in [4.78, 5) is 0. The van der Waals surface area contributed by atoms with Crippen LogP contribution in [0.5, 0.6) is 0 Å². The number of aliphatic hydroxyl groups is 3. The Morgan fingerprint density at radius 1 is 0.536 bits per heavy atom. The van der Waals surface area contributed by atoms with Gasteiger partial charge in [-0.3, -0.25) is 0 Å². The van der Waals surface area contributed by atoms with Gasteiger partial charge < -0.3 is 15.3 Å². The van der Waals surface area contributed by atoms with Gasteiger partial charge in [-0.25, -0.2) is 0 Å². The van der Waals surface area contributed by atoms with Crippen LogP contribution in [0.15, 0.2) is 0 Å². The molecule has 0 saturated heterocycles. The second kappa shape index (κ2) is 18.9. The average molecular weight is 401 g/mol. The summed E-state index contributed by atoms with van der Waals surface area (Å²) < 4.78 is 0. The van der Waals surface area contributed by atoms with Gasteiger partial charge in [-0.2, -0.15) is 0 Å². The number of hydrogen-bond acceptors (Lipinski definition) is 3. The van der Waals surface area contributed by atoms with Crippen molar-refractivity contribution in [2.75, 3.05) is 6.61 Å². The number of hydrogen-bond donors (Lipinski definition) is 3. The Bertz CT molecular complexity index is 307. The Kier molecular flexibility index (Phi) is 18.8. The SMILES string of the molecule is CCCCCCCCCC(CCCCCC)(CCCCCC)C(O)C(O)CO. The second-order valence-corrected chi connectivity index (χ2v) is 9.05. The molecule has 0 aliphatic carbocycles. The van der Waals surface area contributed by atoms with Crippen LogP contribution in [-0.4, -0.2) is 34.1 Å². The van der Waals surface area contributed by atoms with Gasteiger partial charge in [0.25, 0.3) is 0 Å². The Balaban J connectivity index is 4.88. The van der Waals surface area contributed by atoms with E-state index < -0.39 is 12.2 Å². The lowest BCUT2D eigenvalue weighted by molar-refractivity contribution is -0.0960. The van der Waals surface area contributed by atoms with E-state index in [1.54, 1.807) is 0 Å². The highest BCUT2D eigenvalue weighted by atomic mass is 16.4. The first-order valence-corrected chi connectivity index (χ1v) is 12.5. The van der Waals surface area contributed by atoms with Crippen molar-refractivity contribution in [1.82, 2.24) is 0 Å². The van der Waals surface area contributed by atoms with Gasteiger partial charge in [0, 0.05) is 0 Å². The van der Waals surface area contributed by atoms with Gasteiger partial charge in [0.15, 0.2) is 0 Å². The van der Waals surface area contributed by atoms with Crippen molar-refractivity contribution in [3.8, 4) is 0 Å². The third-order valence-corrected chi connectivity index (χ3v) is 6.51. The summed E-state index contributed by atoms with van der Waals surface area (Å²) >= 11 is 0. The lowest BCUT2D eigenvalue weighted by Crippen LogP contribution is -2.45. The molecule has 3 nitrogen and oxygen atoms in total. The van der Waals surface area contributed by atoms with Crippen LogP contribution in [0.1, 0.15) is 136 Å². The topological polar surface area (TPSA) is 60.7 Å². The highest BCUT2D eigenvalue weighted by Crippen LogP contribution is 2.42. The van der Waals surface area contributed by atoms with E-state index in [0.29, 0.717) is 0 Å². The Hall–Kier alpha value is -0.120. The van der Waals surface area contributed by atoms with E-state index in [9.17, 15) is 15.3 Å². The maximum atomic E-state index is 11.0. The van der Waals surface area contributed by atoms with Crippen LogP contribution in [0.2, 0.25) is 0 Å². The van der Waals surface area contributed by atoms with Crippen LogP contribution in [0.4, 0.5) is 0 Å². The summed E-state index contributed by atoms with van der Waals surface area (Å²) in [6, 6.07) is 0. The molecule has 0 rings (SSSR count). The molecule has 0 aromatic rings. The quantitative estimate of drug-likeness (QED) is 0.186. The Labute approximate surface area is 176 Å². The smallest absolute Gasteiger partial charge is 0.103 e. The minimum absolute atomic E-state index is 0.229. The largest absolute Gasteiger partial charge is 0.394 e. The van der Waals surface area contributed by atoms with Crippen LogP contribution in [0.3, 0.4) is 0 Å². The Morgan fingerprint density at radius 2 is 0.857 bits per heavy atom. The molecule has 0 amide bonds. The van der Waals surface area contributed by atoms with Crippen LogP contribution in [0.25, 0.3) is 0 Å². The first-order valence-electron chi connectivity index (χ1n) is 12.5. The van der Waals surface area contributed by atoms with Crippen molar-refractivity contribution >= 4 is 0 Å². The second-order valence-electron chi connectivity index (χ2n) is 9.05. The predicted molar refractivity (Wildman–Crippen MR) is 122 cm³/mol. The lowest BCUT2D eigenvalue weighted by atomic mass is 9.68. The molecule has 3 heteroatoms. The molecule has 0 saturated carbocycles. The van der Waals surface area contributed by atoms with Crippen LogP contribution in [0, 0.1) is 5.41 Å². The summed E-state index contributed by atoms with van der Waals surface area (Å²) in [7, 11) is 0. The van der Waals surface area contributed by atoms with E-state index in [1.165, 1.54) is 77.0 Å². The number of rotatable bonds is 21. The van der Waals surface area contributed by atoms with Crippen molar-refractivity contribution in [3.63, 3.8) is 0 Å². The molecule has 0 aromatic heterocycles. The minimum Gasteiger partial charge on any atom is -0.394 e. The molecule has 28 heavy (non-hydrogen) atoms. The van der Waals surface area contributed by atoms with Crippen molar-refractivity contribution in [1.29, 1.82) is 0 Å². The Morgan fingerprint density at radius 3 is 1.21 bits per heavy atom. The number of unbranched alkanes of at least 4 members (excludes halogenated alkanes) is 12. The summed E-state index contributed by atoms with van der Waals surface area (Å²) in [6.07, 6.45) is 19.6. The monoisotopic (exact) mass is 400 g/mol. The van der Waals surface area contributed by atoms with E-state index >= 15 is 0 Å². The molecular weight excluding hydrogens is 348 g/mol. The zero-order valence-electron chi connectivity index (χ0n) is 19.4. The highest BCUT2D eigenvalue weighted by molar-refractivity contribution is 4.90. The van der Waals surface area contributed by atoms with Gasteiger partial charge in [0.05, 0.1) is 12.7 Å². The first-order chi connectivity index (χ1) is 13.6. The maximum absolute atomic E-state index is 11.0. The molecule has 0 spiro atoms. The van der Waals surface area contributed by atoms with E-state index in [2.05, 4.69) is 20.8 Å². The van der Waals surface area contributed by atoms with Gasteiger partial charge in [0.1, 0.15) is 6.10 Å². The third-order valence-electron chi connectivity index (χ3n) is 6.51. The van der Waals surface area contributed by atoms with Crippen LogP contribution in [-0.2, 0) is 0 Å².